The van der Waals surface area contributed by atoms with Crippen LogP contribution in [0.15, 0.2) is 36.4 Å². The number of nitrogens with one attached hydrogen (secondary N) is 2. The number of carbonyl (C=O) groups excluding carboxylic acids is 1. The Morgan fingerprint density at radius 1 is 1.12 bits per heavy atom. The highest BCUT2D eigenvalue weighted by atomic mass is 35.5. The molecule has 8 heteroatoms. The number of hydrogen-bond acceptors (Lipinski definition) is 3. The number of ether oxygens (including phenoxy) is 1. The average molecular weight is 404 g/mol. The molecule has 4 nitrogen and oxygen atoms in total. The minimum atomic E-state index is -0.396. The fraction of sp³-hybridized carbons (Fsp3) is 0.125. The average Bonchev–Trinajstić information content (AvgIpc) is 2.49. The second-order valence-electron chi connectivity index (χ2n) is 4.82. The quantitative estimate of drug-likeness (QED) is 0.717. The zero-order chi connectivity index (χ0) is 17.7. The Bertz CT molecular complexity index is 784. The van der Waals surface area contributed by atoms with Crippen molar-refractivity contribution in [2.75, 3.05) is 11.9 Å². The Morgan fingerprint density at radius 3 is 2.46 bits per heavy atom. The maximum Gasteiger partial charge on any atom is 0.264 e. The molecule has 0 aromatic heterocycles. The second kappa shape index (κ2) is 8.53. The molecule has 0 bridgehead atoms. The number of aryl methyl sites for hydroxylation is 1. The van der Waals surface area contributed by atoms with E-state index in [0.29, 0.717) is 26.5 Å². The summed E-state index contributed by atoms with van der Waals surface area (Å²) in [5, 5.41) is 6.95. The fourth-order valence-electron chi connectivity index (χ4n) is 1.83. The summed E-state index contributed by atoms with van der Waals surface area (Å²) in [6, 6.07) is 10.0. The number of amides is 1. The maximum atomic E-state index is 11.9. The third-order valence-corrected chi connectivity index (χ3v) is 3.92. The number of hydrogen-bond donors (Lipinski definition) is 2. The predicted molar refractivity (Wildman–Crippen MR) is 103 cm³/mol. The van der Waals surface area contributed by atoms with Gasteiger partial charge in [-0.05, 0) is 61.1 Å². The van der Waals surface area contributed by atoms with Gasteiger partial charge in [-0.25, -0.2) is 0 Å². The van der Waals surface area contributed by atoms with Gasteiger partial charge in [0.1, 0.15) is 5.75 Å². The number of benzene rings is 2. The monoisotopic (exact) mass is 402 g/mol. The molecule has 0 heterocycles. The van der Waals surface area contributed by atoms with Crippen LogP contribution in [0.3, 0.4) is 0 Å². The van der Waals surface area contributed by atoms with Gasteiger partial charge in [0.15, 0.2) is 11.7 Å². The smallest absolute Gasteiger partial charge is 0.264 e. The summed E-state index contributed by atoms with van der Waals surface area (Å²) in [5.41, 5.74) is 1.38. The number of carbonyl (C=O) groups is 1. The molecule has 2 aromatic rings. The van der Waals surface area contributed by atoms with Crippen LogP contribution in [0.2, 0.25) is 15.1 Å². The van der Waals surface area contributed by atoms with Crippen molar-refractivity contribution >= 4 is 63.7 Å². The molecule has 0 atom stereocenters. The Hall–Kier alpha value is -1.53. The highest BCUT2D eigenvalue weighted by molar-refractivity contribution is 7.80. The third-order valence-electron chi connectivity index (χ3n) is 2.93. The van der Waals surface area contributed by atoms with Gasteiger partial charge in [0.05, 0.1) is 10.7 Å². The molecule has 0 aliphatic carbocycles. The Labute approximate surface area is 160 Å². The van der Waals surface area contributed by atoms with Crippen LogP contribution in [-0.2, 0) is 4.79 Å². The zero-order valence-electron chi connectivity index (χ0n) is 12.5. The molecular formula is C16H13Cl3N2O2S. The summed E-state index contributed by atoms with van der Waals surface area (Å²) in [6.45, 7) is 1.66. The van der Waals surface area contributed by atoms with Crippen molar-refractivity contribution in [3.05, 3.63) is 57.0 Å². The van der Waals surface area contributed by atoms with Crippen molar-refractivity contribution in [3.63, 3.8) is 0 Å². The van der Waals surface area contributed by atoms with Gasteiger partial charge < -0.3 is 10.1 Å². The van der Waals surface area contributed by atoms with Gasteiger partial charge in [0, 0.05) is 10.0 Å². The van der Waals surface area contributed by atoms with Crippen molar-refractivity contribution in [3.8, 4) is 5.75 Å². The lowest BCUT2D eigenvalue weighted by Crippen LogP contribution is -2.37. The Morgan fingerprint density at radius 2 is 1.79 bits per heavy atom. The lowest BCUT2D eigenvalue weighted by molar-refractivity contribution is -0.121. The standard InChI is InChI=1S/C16H13Cl3N2O2S/c1-9-6-10(17)3-5-14(9)23-8-15(22)21-16(24)20-13-4-2-11(18)7-12(13)19/h2-7H,8H2,1H3,(H2,20,21,22,24). The van der Waals surface area contributed by atoms with E-state index in [-0.39, 0.29) is 11.7 Å². The second-order valence-corrected chi connectivity index (χ2v) is 6.51. The molecule has 0 aliphatic heterocycles. The number of rotatable bonds is 4. The van der Waals surface area contributed by atoms with E-state index >= 15 is 0 Å². The van der Waals surface area contributed by atoms with Gasteiger partial charge in [-0.15, -0.1) is 0 Å². The molecule has 0 aliphatic rings. The molecule has 0 saturated heterocycles. The number of halogens is 3. The van der Waals surface area contributed by atoms with Crippen LogP contribution in [0.25, 0.3) is 0 Å². The normalized spacial score (nSPS) is 10.2. The van der Waals surface area contributed by atoms with E-state index in [2.05, 4.69) is 10.6 Å². The summed E-state index contributed by atoms with van der Waals surface area (Å²) in [4.78, 5) is 11.9. The highest BCUT2D eigenvalue weighted by Gasteiger charge is 2.09. The van der Waals surface area contributed by atoms with Crippen LogP contribution in [0, 0.1) is 6.92 Å². The van der Waals surface area contributed by atoms with Crippen molar-refractivity contribution in [2.45, 2.75) is 6.92 Å². The largest absolute Gasteiger partial charge is 0.483 e. The molecule has 0 saturated carbocycles. The molecule has 1 amide bonds. The third kappa shape index (κ3) is 5.53. The van der Waals surface area contributed by atoms with E-state index in [1.807, 2.05) is 6.92 Å². The first kappa shape index (κ1) is 18.8. The molecule has 126 valence electrons. The predicted octanol–water partition coefficient (Wildman–Crippen LogP) is 4.85. The highest BCUT2D eigenvalue weighted by Crippen LogP contribution is 2.25. The summed E-state index contributed by atoms with van der Waals surface area (Å²) in [5.74, 6) is 0.182. The molecule has 2 aromatic carbocycles. The maximum absolute atomic E-state index is 11.9. The van der Waals surface area contributed by atoms with Crippen LogP contribution < -0.4 is 15.4 Å². The Kier molecular flexibility index (Phi) is 6.69. The first-order valence-corrected chi connectivity index (χ1v) is 8.34. The van der Waals surface area contributed by atoms with Crippen molar-refractivity contribution < 1.29 is 9.53 Å². The van der Waals surface area contributed by atoms with E-state index < -0.39 is 5.91 Å². The molecule has 0 fully saturated rings. The van der Waals surface area contributed by atoms with Crippen LogP contribution in [0.5, 0.6) is 5.75 Å². The van der Waals surface area contributed by atoms with E-state index in [4.69, 9.17) is 51.8 Å². The summed E-state index contributed by atoms with van der Waals surface area (Å²) < 4.78 is 5.44. The van der Waals surface area contributed by atoms with Crippen LogP contribution in [0.1, 0.15) is 5.56 Å². The van der Waals surface area contributed by atoms with Crippen molar-refractivity contribution in [1.29, 1.82) is 0 Å². The van der Waals surface area contributed by atoms with Gasteiger partial charge in [-0.1, -0.05) is 34.8 Å². The van der Waals surface area contributed by atoms with Crippen LogP contribution in [0.4, 0.5) is 5.69 Å². The fourth-order valence-corrected chi connectivity index (χ4v) is 2.73. The minimum Gasteiger partial charge on any atom is -0.483 e. The van der Waals surface area contributed by atoms with Gasteiger partial charge >= 0.3 is 0 Å². The number of anilines is 1. The first-order chi connectivity index (χ1) is 11.3. The lowest BCUT2D eigenvalue weighted by Gasteiger charge is -2.12. The summed E-state index contributed by atoms with van der Waals surface area (Å²) >= 11 is 22.8. The summed E-state index contributed by atoms with van der Waals surface area (Å²) in [7, 11) is 0. The molecule has 24 heavy (non-hydrogen) atoms. The van der Waals surface area contributed by atoms with Gasteiger partial charge in [-0.2, -0.15) is 0 Å². The van der Waals surface area contributed by atoms with Crippen molar-refractivity contribution in [2.24, 2.45) is 0 Å². The SMILES string of the molecule is Cc1cc(Cl)ccc1OCC(=O)NC(=S)Nc1ccc(Cl)cc1Cl. The number of thiocarbonyl (C=S) groups is 1. The zero-order valence-corrected chi connectivity index (χ0v) is 15.6. The molecular weight excluding hydrogens is 391 g/mol. The summed E-state index contributed by atoms with van der Waals surface area (Å²) in [6.07, 6.45) is 0. The lowest BCUT2D eigenvalue weighted by atomic mass is 10.2. The van der Waals surface area contributed by atoms with Crippen molar-refractivity contribution in [1.82, 2.24) is 5.32 Å². The van der Waals surface area contributed by atoms with E-state index in [1.165, 1.54) is 0 Å². The van der Waals surface area contributed by atoms with Crippen LogP contribution >= 0.6 is 47.0 Å². The van der Waals surface area contributed by atoms with E-state index in [0.717, 1.165) is 5.56 Å². The molecule has 2 rings (SSSR count). The Balaban J connectivity index is 1.86. The van der Waals surface area contributed by atoms with Crippen LogP contribution in [-0.4, -0.2) is 17.6 Å². The topological polar surface area (TPSA) is 50.4 Å². The van der Waals surface area contributed by atoms with Gasteiger partial charge in [-0.3, -0.25) is 10.1 Å². The van der Waals surface area contributed by atoms with Gasteiger partial charge in [0.2, 0.25) is 0 Å². The van der Waals surface area contributed by atoms with Gasteiger partial charge in [0.25, 0.3) is 5.91 Å². The molecule has 0 spiro atoms. The van der Waals surface area contributed by atoms with E-state index in [9.17, 15) is 4.79 Å². The minimum absolute atomic E-state index is 0.112. The van der Waals surface area contributed by atoms with E-state index in [1.54, 1.807) is 36.4 Å². The molecule has 0 radical (unpaired) electrons. The molecule has 2 N–H and O–H groups in total. The first-order valence-electron chi connectivity index (χ1n) is 6.80. The molecule has 0 unspecified atom stereocenters.